The Balaban J connectivity index is 1.62. The molecule has 0 saturated carbocycles. The van der Waals surface area contributed by atoms with E-state index in [0.29, 0.717) is 18.4 Å². The third kappa shape index (κ3) is 4.45. The van der Waals surface area contributed by atoms with E-state index in [2.05, 4.69) is 10.3 Å². The summed E-state index contributed by atoms with van der Waals surface area (Å²) in [4.78, 5) is 28.2. The highest BCUT2D eigenvalue weighted by atomic mass is 16.4. The minimum atomic E-state index is -1.03. The number of carbonyl (C=O) groups is 2. The summed E-state index contributed by atoms with van der Waals surface area (Å²) in [5.41, 5.74) is 2.31. The van der Waals surface area contributed by atoms with E-state index in [1.807, 2.05) is 54.6 Å². The van der Waals surface area contributed by atoms with Crippen molar-refractivity contribution in [2.24, 2.45) is 0 Å². The van der Waals surface area contributed by atoms with E-state index in [1.165, 1.54) is 6.20 Å². The molecule has 1 atom stereocenters. The Morgan fingerprint density at radius 3 is 2.54 bits per heavy atom. The molecular weight excluding hydrogens is 328 g/mol. The normalized spacial score (nSPS) is 11.8. The van der Waals surface area contributed by atoms with Crippen molar-refractivity contribution in [3.05, 3.63) is 78.0 Å². The average molecular weight is 348 g/mol. The molecule has 0 bridgehead atoms. The molecule has 3 rings (SSSR count). The van der Waals surface area contributed by atoms with Crippen LogP contribution < -0.4 is 5.32 Å². The van der Waals surface area contributed by atoms with Gasteiger partial charge in [-0.2, -0.15) is 0 Å². The molecule has 0 fully saturated rings. The number of hydrogen-bond donors (Lipinski definition) is 2. The zero-order chi connectivity index (χ0) is 18.4. The van der Waals surface area contributed by atoms with Gasteiger partial charge in [-0.3, -0.25) is 9.78 Å². The lowest BCUT2D eigenvalue weighted by atomic mass is 10.0. The summed E-state index contributed by atoms with van der Waals surface area (Å²) in [6, 6.07) is 18.2. The molecule has 0 aliphatic rings. The van der Waals surface area contributed by atoms with Gasteiger partial charge in [0.15, 0.2) is 0 Å². The van der Waals surface area contributed by atoms with Crippen molar-refractivity contribution in [2.75, 3.05) is 0 Å². The molecule has 0 aliphatic heterocycles. The van der Waals surface area contributed by atoms with Gasteiger partial charge in [0.2, 0.25) is 0 Å². The van der Waals surface area contributed by atoms with Crippen molar-refractivity contribution in [3.8, 4) is 0 Å². The standard InChI is InChI=1S/C21H20N2O3/c24-20(17-13-16-10-4-5-11-18(16)22-14-17)23-19(21(25)26)12-6-9-15-7-2-1-3-8-15/h1-5,7-8,10-11,13-14,19H,6,9,12H2,(H,23,24)(H,25,26)/t19-/m1/s1. The van der Waals surface area contributed by atoms with E-state index in [0.717, 1.165) is 22.9 Å². The molecule has 3 aromatic rings. The minimum absolute atomic E-state index is 0.359. The molecule has 5 heteroatoms. The zero-order valence-electron chi connectivity index (χ0n) is 14.3. The van der Waals surface area contributed by atoms with E-state index >= 15 is 0 Å². The van der Waals surface area contributed by atoms with E-state index < -0.39 is 17.9 Å². The Kier molecular flexibility index (Phi) is 5.59. The van der Waals surface area contributed by atoms with Crippen molar-refractivity contribution >= 4 is 22.8 Å². The van der Waals surface area contributed by atoms with Crippen LogP contribution in [0.2, 0.25) is 0 Å². The number of benzene rings is 2. The largest absolute Gasteiger partial charge is 0.480 e. The quantitative estimate of drug-likeness (QED) is 0.685. The summed E-state index contributed by atoms with van der Waals surface area (Å²) in [7, 11) is 0. The summed E-state index contributed by atoms with van der Waals surface area (Å²) < 4.78 is 0. The molecule has 26 heavy (non-hydrogen) atoms. The molecule has 5 nitrogen and oxygen atoms in total. The van der Waals surface area contributed by atoms with E-state index in [9.17, 15) is 14.7 Å². The lowest BCUT2D eigenvalue weighted by Gasteiger charge is -2.14. The second-order valence-corrected chi connectivity index (χ2v) is 6.16. The number of fused-ring (bicyclic) bond motifs is 1. The molecule has 0 unspecified atom stereocenters. The molecule has 2 aromatic carbocycles. The lowest BCUT2D eigenvalue weighted by molar-refractivity contribution is -0.139. The Morgan fingerprint density at radius 2 is 1.77 bits per heavy atom. The number of nitrogens with zero attached hydrogens (tertiary/aromatic N) is 1. The van der Waals surface area contributed by atoms with Gasteiger partial charge in [0.05, 0.1) is 11.1 Å². The van der Waals surface area contributed by atoms with Gasteiger partial charge in [-0.1, -0.05) is 48.5 Å². The van der Waals surface area contributed by atoms with Crippen LogP contribution in [0.3, 0.4) is 0 Å². The van der Waals surface area contributed by atoms with Crippen LogP contribution in [0.25, 0.3) is 10.9 Å². The van der Waals surface area contributed by atoms with Gasteiger partial charge < -0.3 is 10.4 Å². The number of pyridine rings is 1. The lowest BCUT2D eigenvalue weighted by Crippen LogP contribution is -2.40. The number of amides is 1. The number of carbonyl (C=O) groups excluding carboxylic acids is 1. The summed E-state index contributed by atoms with van der Waals surface area (Å²) in [5.74, 6) is -1.45. The molecule has 0 saturated heterocycles. The van der Waals surface area contributed by atoms with E-state index in [-0.39, 0.29) is 0 Å². The fourth-order valence-electron chi connectivity index (χ4n) is 2.85. The molecule has 2 N–H and O–H groups in total. The molecular formula is C21H20N2O3. The fourth-order valence-corrected chi connectivity index (χ4v) is 2.85. The third-order valence-electron chi connectivity index (χ3n) is 4.26. The molecule has 0 aliphatic carbocycles. The Bertz CT molecular complexity index is 909. The van der Waals surface area contributed by atoms with Crippen molar-refractivity contribution in [3.63, 3.8) is 0 Å². The molecule has 1 heterocycles. The number of aryl methyl sites for hydroxylation is 1. The summed E-state index contributed by atoms with van der Waals surface area (Å²) >= 11 is 0. The molecule has 1 amide bonds. The average Bonchev–Trinajstić information content (AvgIpc) is 2.67. The molecule has 132 valence electrons. The van der Waals surface area contributed by atoms with Crippen molar-refractivity contribution in [1.29, 1.82) is 0 Å². The van der Waals surface area contributed by atoms with Crippen LogP contribution in [0, 0.1) is 0 Å². The maximum Gasteiger partial charge on any atom is 0.326 e. The first-order valence-electron chi connectivity index (χ1n) is 8.56. The number of rotatable bonds is 7. The predicted molar refractivity (Wildman–Crippen MR) is 100 cm³/mol. The number of aromatic nitrogens is 1. The van der Waals surface area contributed by atoms with Crippen LogP contribution in [0.1, 0.15) is 28.8 Å². The van der Waals surface area contributed by atoms with Crippen LogP contribution in [0.4, 0.5) is 0 Å². The summed E-state index contributed by atoms with van der Waals surface area (Å²) in [5, 5.41) is 12.9. The first-order chi connectivity index (χ1) is 12.6. The molecule has 1 aromatic heterocycles. The van der Waals surface area contributed by atoms with Gasteiger partial charge >= 0.3 is 5.97 Å². The molecule has 0 radical (unpaired) electrons. The maximum atomic E-state index is 12.4. The van der Waals surface area contributed by atoms with Crippen molar-refractivity contribution in [2.45, 2.75) is 25.3 Å². The Morgan fingerprint density at radius 1 is 1.04 bits per heavy atom. The Labute approximate surface area is 151 Å². The van der Waals surface area contributed by atoms with Gasteiger partial charge in [-0.05, 0) is 37.0 Å². The minimum Gasteiger partial charge on any atom is -0.480 e. The second kappa shape index (κ2) is 8.25. The van der Waals surface area contributed by atoms with E-state index in [1.54, 1.807) is 6.07 Å². The first-order valence-corrected chi connectivity index (χ1v) is 8.56. The number of para-hydroxylation sites is 1. The zero-order valence-corrected chi connectivity index (χ0v) is 14.3. The topological polar surface area (TPSA) is 79.3 Å². The highest BCUT2D eigenvalue weighted by Crippen LogP contribution is 2.13. The monoisotopic (exact) mass is 348 g/mol. The summed E-state index contributed by atoms with van der Waals surface area (Å²) in [6.45, 7) is 0. The van der Waals surface area contributed by atoms with Crippen molar-refractivity contribution < 1.29 is 14.7 Å². The number of hydrogen-bond acceptors (Lipinski definition) is 3. The predicted octanol–water partition coefficient (Wildman–Crippen LogP) is 3.44. The Hall–Kier alpha value is -3.21. The second-order valence-electron chi connectivity index (χ2n) is 6.16. The first kappa shape index (κ1) is 17.6. The molecule has 0 spiro atoms. The highest BCUT2D eigenvalue weighted by Gasteiger charge is 2.20. The highest BCUT2D eigenvalue weighted by molar-refractivity contribution is 5.99. The number of nitrogens with one attached hydrogen (secondary N) is 1. The smallest absolute Gasteiger partial charge is 0.326 e. The van der Waals surface area contributed by atoms with Gasteiger partial charge in [-0.25, -0.2) is 4.79 Å². The maximum absolute atomic E-state index is 12.4. The van der Waals surface area contributed by atoms with Crippen LogP contribution in [0.15, 0.2) is 66.9 Å². The van der Waals surface area contributed by atoms with E-state index in [4.69, 9.17) is 0 Å². The van der Waals surface area contributed by atoms with Crippen LogP contribution in [0.5, 0.6) is 0 Å². The van der Waals surface area contributed by atoms with Crippen LogP contribution in [-0.4, -0.2) is 28.0 Å². The van der Waals surface area contributed by atoms with Gasteiger partial charge in [0, 0.05) is 11.6 Å². The number of aliphatic carboxylic acids is 1. The van der Waals surface area contributed by atoms with Gasteiger partial charge in [0.1, 0.15) is 6.04 Å². The van der Waals surface area contributed by atoms with Crippen LogP contribution >= 0.6 is 0 Å². The van der Waals surface area contributed by atoms with Crippen molar-refractivity contribution in [1.82, 2.24) is 10.3 Å². The fraction of sp³-hybridized carbons (Fsp3) is 0.190. The number of carboxylic acids is 1. The SMILES string of the molecule is O=C(N[C@H](CCCc1ccccc1)C(=O)O)c1cnc2ccccc2c1. The number of carboxylic acid groups (broad SMARTS) is 1. The summed E-state index contributed by atoms with van der Waals surface area (Å²) in [6.07, 6.45) is 3.30. The third-order valence-corrected chi connectivity index (χ3v) is 4.26. The van der Waals surface area contributed by atoms with Gasteiger partial charge in [-0.15, -0.1) is 0 Å². The van der Waals surface area contributed by atoms with Gasteiger partial charge in [0.25, 0.3) is 5.91 Å². The van der Waals surface area contributed by atoms with Crippen LogP contribution in [-0.2, 0) is 11.2 Å².